The first-order valence-electron chi connectivity index (χ1n) is 18.1. The summed E-state index contributed by atoms with van der Waals surface area (Å²) >= 11 is 0. The maximum atomic E-state index is 12.8. The number of nitrogens with zero attached hydrogens (tertiary/aromatic N) is 6. The number of aromatic nitrogens is 4. The normalized spacial score (nSPS) is 31.3. The van der Waals surface area contributed by atoms with Crippen LogP contribution in [0.1, 0.15) is 55.4 Å². The van der Waals surface area contributed by atoms with Crippen LogP contribution in [0.4, 0.5) is 11.6 Å². The molecule has 2 aromatic heterocycles. The molecule has 6 N–H and O–H groups in total. The van der Waals surface area contributed by atoms with Crippen LogP contribution in [0.5, 0.6) is 0 Å². The van der Waals surface area contributed by atoms with Gasteiger partial charge in [-0.15, -0.1) is 0 Å². The summed E-state index contributed by atoms with van der Waals surface area (Å²) in [6.45, 7) is 16.7. The number of methoxy groups -OCH3 is 2. The molecule has 21 heteroatoms. The van der Waals surface area contributed by atoms with Gasteiger partial charge in [-0.25, -0.2) is 9.59 Å². The molecule has 0 saturated carbocycles. The van der Waals surface area contributed by atoms with Crippen molar-refractivity contribution < 1.29 is 42.1 Å². The molecule has 3 aliphatic rings. The first kappa shape index (κ1) is 44.1. The van der Waals surface area contributed by atoms with Gasteiger partial charge in [-0.2, -0.15) is 20.5 Å². The third kappa shape index (κ3) is 7.51. The van der Waals surface area contributed by atoms with Gasteiger partial charge in [0.05, 0.1) is 13.2 Å². The summed E-state index contributed by atoms with van der Waals surface area (Å²) in [6, 6.07) is 6.77. The number of aliphatic hydroxyl groups excluding tert-OH is 2. The lowest BCUT2D eigenvalue weighted by atomic mass is 10.0. The number of nitrogens with two attached hydrogens (primary N) is 2. The van der Waals surface area contributed by atoms with E-state index in [0.29, 0.717) is 0 Å². The second-order valence-electron chi connectivity index (χ2n) is 15.0. The van der Waals surface area contributed by atoms with Gasteiger partial charge in [0, 0.05) is 26.6 Å². The van der Waals surface area contributed by atoms with Crippen molar-refractivity contribution in [2.45, 2.75) is 126 Å². The fourth-order valence-corrected chi connectivity index (χ4v) is 18.9. The number of anilines is 2. The molecule has 0 radical (unpaired) electrons. The number of nitriles is 2. The van der Waals surface area contributed by atoms with E-state index in [-0.39, 0.29) is 40.4 Å². The number of rotatable bonds is 9. The Bertz CT molecular complexity index is 1850. The summed E-state index contributed by atoms with van der Waals surface area (Å²) in [7, 11) is -3.02. The third-order valence-corrected chi connectivity index (χ3v) is 20.7. The first-order valence-corrected chi connectivity index (χ1v) is 22.0. The predicted molar refractivity (Wildman–Crippen MR) is 201 cm³/mol. The molecular weight excluding hydrogens is 753 g/mol. The molecule has 3 aliphatic heterocycles. The lowest BCUT2D eigenvalue weighted by molar-refractivity contribution is -0.117. The van der Waals surface area contributed by atoms with Crippen LogP contribution < -0.4 is 22.8 Å². The van der Waals surface area contributed by atoms with Gasteiger partial charge in [0.1, 0.15) is 60.4 Å². The van der Waals surface area contributed by atoms with E-state index < -0.39 is 83.2 Å². The molecule has 55 heavy (non-hydrogen) atoms. The summed E-state index contributed by atoms with van der Waals surface area (Å²) in [4.78, 5) is 32.0. The quantitative estimate of drug-likeness (QED) is 0.259. The largest absolute Gasteiger partial charge is 0.414 e. The lowest BCUT2D eigenvalue weighted by Gasteiger charge is -2.51. The number of hydrogen-bond donors (Lipinski definition) is 4. The van der Waals surface area contributed by atoms with E-state index in [9.17, 15) is 25.2 Å². The highest BCUT2D eigenvalue weighted by Crippen LogP contribution is 2.49. The van der Waals surface area contributed by atoms with E-state index >= 15 is 0 Å². The van der Waals surface area contributed by atoms with Gasteiger partial charge in [0.25, 0.3) is 11.4 Å². The molecule has 2 aromatic rings. The fourth-order valence-electron chi connectivity index (χ4n) is 7.73. The van der Waals surface area contributed by atoms with E-state index in [4.69, 9.17) is 48.5 Å². The Balaban J connectivity index is 0.000000284. The van der Waals surface area contributed by atoms with Crippen molar-refractivity contribution in [2.24, 2.45) is 0 Å². The molecule has 304 valence electrons. The maximum Gasteiger partial charge on any atom is 0.352 e. The van der Waals surface area contributed by atoms with Crippen molar-refractivity contribution in [3.05, 3.63) is 45.5 Å². The highest BCUT2D eigenvalue weighted by molar-refractivity contribution is 6.84. The van der Waals surface area contributed by atoms with E-state index in [1.54, 1.807) is 0 Å². The van der Waals surface area contributed by atoms with E-state index in [2.05, 4.69) is 71.4 Å². The van der Waals surface area contributed by atoms with Crippen LogP contribution in [0.25, 0.3) is 0 Å². The lowest BCUT2D eigenvalue weighted by Crippen LogP contribution is -2.66. The number of nitrogen functional groups attached to an aromatic ring is 2. The van der Waals surface area contributed by atoms with Gasteiger partial charge in [-0.3, -0.25) is 9.13 Å². The minimum atomic E-state index is -2.98. The van der Waals surface area contributed by atoms with Crippen molar-refractivity contribution >= 4 is 28.8 Å². The number of fused-ring (bicyclic) bond motifs is 1. The Morgan fingerprint density at radius 2 is 1.31 bits per heavy atom. The minimum absolute atomic E-state index is 0.00874. The zero-order chi connectivity index (χ0) is 41.3. The van der Waals surface area contributed by atoms with E-state index in [0.717, 1.165) is 9.13 Å². The van der Waals surface area contributed by atoms with Gasteiger partial charge < -0.3 is 53.6 Å². The van der Waals surface area contributed by atoms with Crippen molar-refractivity contribution in [1.82, 2.24) is 19.1 Å². The Hall–Kier alpha value is -3.59. The molecule has 0 spiro atoms. The molecule has 19 nitrogen and oxygen atoms in total. The van der Waals surface area contributed by atoms with Crippen LogP contribution in [0.15, 0.2) is 34.1 Å². The third-order valence-electron chi connectivity index (χ3n) is 10.5. The number of ether oxygens (including phenoxy) is 4. The molecule has 8 atom stereocenters. The summed E-state index contributed by atoms with van der Waals surface area (Å²) in [5, 5.41) is 39.0. The first-order chi connectivity index (χ1) is 25.8. The Labute approximate surface area is 322 Å². The molecule has 5 heterocycles. The van der Waals surface area contributed by atoms with Crippen LogP contribution in [-0.2, 0) is 43.4 Å². The van der Waals surface area contributed by atoms with Gasteiger partial charge >= 0.3 is 28.5 Å². The monoisotopic (exact) mass is 806 g/mol. The number of aliphatic hydroxyl groups is 2. The van der Waals surface area contributed by atoms with E-state index in [1.807, 2.05) is 6.07 Å². The standard InChI is InChI=1S/C23H40N4O6Si2.C11H14N4O5/c1-14(2)34(15(3)4)30-12-18-20(32-35(33-34,16(5)6)17(7)8)21(29-9)23(13-24,31-18)27-11-10-19(25)26-22(27)28;1-19-9-8(17)6(4-16)20-11(9,5-12)15-3-2-7(13)14-10(15)18/h10-11,14-18,20-21H,12H2,1-9H3,(H2,25,26,28);2-3,6,8-9,16-17H,4H2,1H3,(H2,13,14,18)/t18-,20-,21-,23-;6-,8-,9-,11-/m11/s1. The van der Waals surface area contributed by atoms with Gasteiger partial charge in [-0.05, 0) is 34.3 Å². The molecule has 5 rings (SSSR count). The topological polar surface area (TPSA) is 274 Å². The van der Waals surface area contributed by atoms with Crippen LogP contribution in [-0.4, -0.2) is 110 Å². The van der Waals surface area contributed by atoms with Crippen LogP contribution in [0, 0.1) is 22.7 Å². The SMILES string of the molecule is CO[C@@H]1[C@@H]2O[Si](C(C)C)(C(C)C)O[Si](C(C)C)(C(C)C)OC[C@H]2O[C@@]1(C#N)n1ccc(N)nc1=O.CO[C@@H]1[C@H](O)[C@@H](CO)O[C@@]1(C#N)n1ccc(N)nc1=O. The zero-order valence-corrected chi connectivity index (χ0v) is 34.9. The molecule has 0 aliphatic carbocycles. The number of hydrogen-bond acceptors (Lipinski definition) is 17. The Morgan fingerprint density at radius 3 is 1.69 bits per heavy atom. The molecule has 0 bridgehead atoms. The average Bonchev–Trinajstić information content (AvgIpc) is 3.57. The van der Waals surface area contributed by atoms with Gasteiger partial charge in [-0.1, -0.05) is 55.4 Å². The highest BCUT2D eigenvalue weighted by Gasteiger charge is 2.66. The predicted octanol–water partition coefficient (Wildman–Crippen LogP) is 1.14. The summed E-state index contributed by atoms with van der Waals surface area (Å²) < 4.78 is 45.7. The molecule has 0 unspecified atom stereocenters. The second-order valence-corrected chi connectivity index (χ2v) is 23.8. The van der Waals surface area contributed by atoms with Crippen molar-refractivity contribution in [3.63, 3.8) is 0 Å². The van der Waals surface area contributed by atoms with Crippen LogP contribution >= 0.6 is 0 Å². The van der Waals surface area contributed by atoms with Crippen molar-refractivity contribution in [1.29, 1.82) is 10.5 Å². The Kier molecular flexibility index (Phi) is 13.5. The molecular formula is C34H54N8O11Si2. The molecule has 3 saturated heterocycles. The molecule has 0 amide bonds. The fraction of sp³-hybridized carbons (Fsp3) is 0.706. The Morgan fingerprint density at radius 1 is 0.855 bits per heavy atom. The molecule has 3 fully saturated rings. The van der Waals surface area contributed by atoms with Crippen molar-refractivity contribution in [2.75, 3.05) is 38.9 Å². The van der Waals surface area contributed by atoms with Crippen LogP contribution in [0.2, 0.25) is 22.2 Å². The minimum Gasteiger partial charge on any atom is -0.414 e. The van der Waals surface area contributed by atoms with Gasteiger partial charge in [0.2, 0.25) is 0 Å². The summed E-state index contributed by atoms with van der Waals surface area (Å²) in [6.07, 6.45) is -3.11. The van der Waals surface area contributed by atoms with E-state index in [1.165, 1.54) is 38.7 Å². The van der Waals surface area contributed by atoms with Crippen LogP contribution in [0.3, 0.4) is 0 Å². The smallest absolute Gasteiger partial charge is 0.352 e. The highest BCUT2D eigenvalue weighted by atomic mass is 28.5. The zero-order valence-electron chi connectivity index (χ0n) is 32.9. The second kappa shape index (κ2) is 16.9. The summed E-state index contributed by atoms with van der Waals surface area (Å²) in [5.74, 6) is 0.0477. The summed E-state index contributed by atoms with van der Waals surface area (Å²) in [5.41, 5.74) is 6.34. The van der Waals surface area contributed by atoms with Gasteiger partial charge in [0.15, 0.2) is 0 Å². The van der Waals surface area contributed by atoms with Crippen molar-refractivity contribution in [3.8, 4) is 12.1 Å². The molecule has 0 aromatic carbocycles. The maximum absolute atomic E-state index is 12.8. The average molecular weight is 807 g/mol.